The topological polar surface area (TPSA) is 83.8 Å². The Kier molecular flexibility index (Phi) is 5.95. The number of imidazole rings is 1. The van der Waals surface area contributed by atoms with Crippen LogP contribution in [-0.2, 0) is 12.2 Å². The van der Waals surface area contributed by atoms with Crippen molar-refractivity contribution in [2.75, 3.05) is 12.3 Å². The third kappa shape index (κ3) is 4.86. The average Bonchev–Trinajstić information content (AvgIpc) is 3.33. The van der Waals surface area contributed by atoms with Gasteiger partial charge in [-0.1, -0.05) is 30.3 Å². The fourth-order valence-corrected chi connectivity index (χ4v) is 3.88. The number of oxazole rings is 1. The summed E-state index contributed by atoms with van der Waals surface area (Å²) in [6, 6.07) is 15.4. The molecule has 2 aromatic carbocycles. The maximum atomic E-state index is 12.4. The van der Waals surface area contributed by atoms with Gasteiger partial charge in [0.1, 0.15) is 5.52 Å². The van der Waals surface area contributed by atoms with Gasteiger partial charge in [-0.15, -0.1) is 0 Å². The van der Waals surface area contributed by atoms with Gasteiger partial charge in [0.25, 0.3) is 5.91 Å². The van der Waals surface area contributed by atoms with Gasteiger partial charge in [0.15, 0.2) is 11.5 Å². The highest BCUT2D eigenvalue weighted by atomic mass is 32.2. The first-order valence-corrected chi connectivity index (χ1v) is 10.6. The van der Waals surface area contributed by atoms with Gasteiger partial charge in [0, 0.05) is 35.7 Å². The summed E-state index contributed by atoms with van der Waals surface area (Å²) in [6.45, 7) is 2.61. The van der Waals surface area contributed by atoms with Crippen molar-refractivity contribution in [2.24, 2.45) is 0 Å². The summed E-state index contributed by atoms with van der Waals surface area (Å²) in [4.78, 5) is 24.3. The maximum Gasteiger partial charge on any atom is 0.251 e. The predicted molar refractivity (Wildman–Crippen MR) is 115 cm³/mol. The van der Waals surface area contributed by atoms with E-state index in [1.54, 1.807) is 30.2 Å². The van der Waals surface area contributed by atoms with Crippen LogP contribution < -0.4 is 5.32 Å². The summed E-state index contributed by atoms with van der Waals surface area (Å²) in [7, 11) is 0. The van der Waals surface area contributed by atoms with E-state index < -0.39 is 0 Å². The number of benzene rings is 2. The quantitative estimate of drug-likeness (QED) is 0.430. The van der Waals surface area contributed by atoms with Crippen LogP contribution in [0.1, 0.15) is 33.2 Å². The number of thioether (sulfide) groups is 1. The molecule has 0 aliphatic heterocycles. The SMILES string of the molecule is Cc1[nH]cnc1CSCCNC(=O)c1ccc2nc(Cc3ccccc3)oc2c1. The van der Waals surface area contributed by atoms with Gasteiger partial charge in [-0.2, -0.15) is 11.8 Å². The number of aromatic nitrogens is 3. The lowest BCUT2D eigenvalue weighted by atomic mass is 10.1. The van der Waals surface area contributed by atoms with Gasteiger partial charge in [0.2, 0.25) is 0 Å². The van der Waals surface area contributed by atoms with Gasteiger partial charge in [-0.05, 0) is 30.7 Å². The van der Waals surface area contributed by atoms with Crippen molar-refractivity contribution in [3.05, 3.63) is 83.3 Å². The minimum atomic E-state index is -0.107. The third-order valence-corrected chi connectivity index (χ3v) is 5.57. The average molecular weight is 407 g/mol. The first-order valence-electron chi connectivity index (χ1n) is 9.47. The fraction of sp³-hybridized carbons (Fsp3) is 0.227. The largest absolute Gasteiger partial charge is 0.440 e. The molecule has 2 heterocycles. The van der Waals surface area contributed by atoms with Gasteiger partial charge in [-0.25, -0.2) is 9.97 Å². The standard InChI is InChI=1S/C22H22N4O2S/c1-15-19(25-14-24-15)13-29-10-9-23-22(27)17-7-8-18-20(12-17)28-21(26-18)11-16-5-3-2-4-6-16/h2-8,12,14H,9-11,13H2,1H3,(H,23,27)(H,24,25). The van der Waals surface area contributed by atoms with Gasteiger partial charge in [0.05, 0.1) is 12.0 Å². The molecule has 0 spiro atoms. The normalized spacial score (nSPS) is 11.1. The zero-order valence-electron chi connectivity index (χ0n) is 16.1. The Morgan fingerprint density at radius 1 is 1.21 bits per heavy atom. The second-order valence-electron chi connectivity index (χ2n) is 6.74. The van der Waals surface area contributed by atoms with Crippen molar-refractivity contribution in [1.29, 1.82) is 0 Å². The second-order valence-corrected chi connectivity index (χ2v) is 7.84. The Balaban J connectivity index is 1.31. The zero-order chi connectivity index (χ0) is 20.1. The summed E-state index contributed by atoms with van der Waals surface area (Å²) in [5.74, 6) is 2.20. The maximum absolute atomic E-state index is 12.4. The number of hydrogen-bond donors (Lipinski definition) is 2. The number of carbonyl (C=O) groups is 1. The van der Waals surface area contributed by atoms with Crippen molar-refractivity contribution >= 4 is 28.8 Å². The van der Waals surface area contributed by atoms with E-state index in [0.29, 0.717) is 30.0 Å². The minimum absolute atomic E-state index is 0.107. The lowest BCUT2D eigenvalue weighted by Gasteiger charge is -2.05. The summed E-state index contributed by atoms with van der Waals surface area (Å²) >= 11 is 1.74. The molecule has 0 atom stereocenters. The Hall–Kier alpha value is -3.06. The van der Waals surface area contributed by atoms with Gasteiger partial charge < -0.3 is 14.7 Å². The molecule has 0 bridgehead atoms. The van der Waals surface area contributed by atoms with Crippen LogP contribution in [0.15, 0.2) is 59.3 Å². The van der Waals surface area contributed by atoms with Crippen LogP contribution in [0, 0.1) is 6.92 Å². The van der Waals surface area contributed by atoms with E-state index in [-0.39, 0.29) is 5.91 Å². The van der Waals surface area contributed by atoms with E-state index in [4.69, 9.17) is 4.42 Å². The fourth-order valence-electron chi connectivity index (χ4n) is 3.00. The van der Waals surface area contributed by atoms with Crippen molar-refractivity contribution in [3.63, 3.8) is 0 Å². The molecule has 0 aliphatic carbocycles. The molecule has 6 nitrogen and oxygen atoms in total. The molecule has 29 heavy (non-hydrogen) atoms. The lowest BCUT2D eigenvalue weighted by molar-refractivity contribution is 0.0956. The first kappa shape index (κ1) is 19.3. The Bertz CT molecular complexity index is 1100. The van der Waals surface area contributed by atoms with Crippen LogP contribution in [0.5, 0.6) is 0 Å². The third-order valence-electron chi connectivity index (χ3n) is 4.60. The number of amides is 1. The second kappa shape index (κ2) is 8.96. The summed E-state index contributed by atoms with van der Waals surface area (Å²) in [6.07, 6.45) is 2.33. The van der Waals surface area contributed by atoms with Crippen LogP contribution in [0.25, 0.3) is 11.1 Å². The van der Waals surface area contributed by atoms with Crippen molar-refractivity contribution in [3.8, 4) is 0 Å². The molecule has 148 valence electrons. The summed E-state index contributed by atoms with van der Waals surface area (Å²) in [5.41, 5.74) is 5.26. The van der Waals surface area contributed by atoms with Crippen LogP contribution >= 0.6 is 11.8 Å². The molecule has 2 aromatic heterocycles. The van der Waals surface area contributed by atoms with Crippen LogP contribution in [0.2, 0.25) is 0 Å². The molecule has 0 radical (unpaired) electrons. The number of aromatic amines is 1. The number of fused-ring (bicyclic) bond motifs is 1. The number of H-pyrrole nitrogens is 1. The van der Waals surface area contributed by atoms with Gasteiger partial charge in [-0.3, -0.25) is 4.79 Å². The van der Waals surface area contributed by atoms with E-state index in [1.165, 1.54) is 0 Å². The van der Waals surface area contributed by atoms with E-state index >= 15 is 0 Å². The summed E-state index contributed by atoms with van der Waals surface area (Å²) < 4.78 is 5.85. The van der Waals surface area contributed by atoms with Crippen LogP contribution in [0.3, 0.4) is 0 Å². The molecule has 0 saturated heterocycles. The smallest absolute Gasteiger partial charge is 0.251 e. The predicted octanol–water partition coefficient (Wildman–Crippen LogP) is 4.11. The van der Waals surface area contributed by atoms with Crippen LogP contribution in [0.4, 0.5) is 0 Å². The number of nitrogens with one attached hydrogen (secondary N) is 2. The molecule has 0 fully saturated rings. The highest BCUT2D eigenvalue weighted by Crippen LogP contribution is 2.19. The molecular formula is C22H22N4O2S. The first-order chi connectivity index (χ1) is 14.2. The van der Waals surface area contributed by atoms with Crippen molar-refractivity contribution in [2.45, 2.75) is 19.1 Å². The Labute approximate surface area is 173 Å². The van der Waals surface area contributed by atoms with E-state index in [0.717, 1.165) is 34.0 Å². The monoisotopic (exact) mass is 406 g/mol. The van der Waals surface area contributed by atoms with E-state index in [2.05, 4.69) is 20.3 Å². The molecule has 4 rings (SSSR count). The molecule has 1 amide bonds. The van der Waals surface area contributed by atoms with Crippen LogP contribution in [-0.4, -0.2) is 33.2 Å². The van der Waals surface area contributed by atoms with Gasteiger partial charge >= 0.3 is 0 Å². The zero-order valence-corrected chi connectivity index (χ0v) is 17.0. The number of nitrogens with zero attached hydrogens (tertiary/aromatic N) is 2. The molecule has 0 aliphatic rings. The molecule has 2 N–H and O–H groups in total. The Morgan fingerprint density at radius 3 is 2.86 bits per heavy atom. The minimum Gasteiger partial charge on any atom is -0.440 e. The van der Waals surface area contributed by atoms with Crippen molar-refractivity contribution in [1.82, 2.24) is 20.3 Å². The number of carbonyl (C=O) groups excluding carboxylic acids is 1. The molecule has 4 aromatic rings. The molecule has 0 saturated carbocycles. The van der Waals surface area contributed by atoms with E-state index in [9.17, 15) is 4.79 Å². The number of aryl methyl sites for hydroxylation is 1. The number of hydrogen-bond acceptors (Lipinski definition) is 5. The molecular weight excluding hydrogens is 384 g/mol. The Morgan fingerprint density at radius 2 is 2.07 bits per heavy atom. The molecule has 7 heteroatoms. The number of rotatable bonds is 8. The molecule has 0 unspecified atom stereocenters. The highest BCUT2D eigenvalue weighted by molar-refractivity contribution is 7.98. The lowest BCUT2D eigenvalue weighted by Crippen LogP contribution is -2.25. The van der Waals surface area contributed by atoms with E-state index in [1.807, 2.05) is 43.3 Å². The summed E-state index contributed by atoms with van der Waals surface area (Å²) in [5, 5.41) is 2.95. The van der Waals surface area contributed by atoms with Crippen molar-refractivity contribution < 1.29 is 9.21 Å². The highest BCUT2D eigenvalue weighted by Gasteiger charge is 2.11.